The zero-order valence-corrected chi connectivity index (χ0v) is 14.2. The molecule has 6 heteroatoms. The molecular weight excluding hydrogens is 320 g/mol. The number of hydrogen-bond donors (Lipinski definition) is 1. The Hall–Kier alpha value is -3.02. The number of hydrogen-bond acceptors (Lipinski definition) is 4. The van der Waals surface area contributed by atoms with E-state index in [0.717, 1.165) is 11.3 Å². The van der Waals surface area contributed by atoms with Gasteiger partial charge < -0.3 is 19.7 Å². The second-order valence-electron chi connectivity index (χ2n) is 5.65. The van der Waals surface area contributed by atoms with E-state index in [1.807, 2.05) is 31.2 Å². The number of ether oxygens (including phenoxy) is 2. The summed E-state index contributed by atoms with van der Waals surface area (Å²) in [5.41, 5.74) is 2.49. The van der Waals surface area contributed by atoms with E-state index in [0.29, 0.717) is 30.2 Å². The van der Waals surface area contributed by atoms with E-state index in [2.05, 4.69) is 5.32 Å². The minimum atomic E-state index is -0.275. The van der Waals surface area contributed by atoms with Crippen LogP contribution in [0.15, 0.2) is 42.5 Å². The molecule has 1 aliphatic rings. The van der Waals surface area contributed by atoms with Crippen molar-refractivity contribution in [3.05, 3.63) is 48.0 Å². The number of carbonyl (C=O) groups is 2. The monoisotopic (exact) mass is 340 g/mol. The number of likely N-dealkylation sites (N-methyl/N-ethyl adjacent to an activating group) is 1. The van der Waals surface area contributed by atoms with E-state index in [1.54, 1.807) is 30.2 Å². The van der Waals surface area contributed by atoms with Gasteiger partial charge in [0.05, 0.1) is 13.5 Å². The van der Waals surface area contributed by atoms with Gasteiger partial charge in [0.15, 0.2) is 18.1 Å². The van der Waals surface area contributed by atoms with Crippen LogP contribution >= 0.6 is 0 Å². The molecule has 2 aromatic carbocycles. The molecule has 0 radical (unpaired) electrons. The predicted molar refractivity (Wildman–Crippen MR) is 95.3 cm³/mol. The second kappa shape index (κ2) is 7.25. The number of carbonyl (C=O) groups excluding carboxylic acids is 2. The van der Waals surface area contributed by atoms with Crippen molar-refractivity contribution in [1.29, 1.82) is 0 Å². The Balaban J connectivity index is 1.62. The summed E-state index contributed by atoms with van der Waals surface area (Å²) < 4.78 is 10.7. The normalized spacial score (nSPS) is 12.7. The van der Waals surface area contributed by atoms with E-state index >= 15 is 0 Å². The van der Waals surface area contributed by atoms with Crippen molar-refractivity contribution in [3.8, 4) is 11.5 Å². The fourth-order valence-electron chi connectivity index (χ4n) is 2.89. The quantitative estimate of drug-likeness (QED) is 0.878. The maximum absolute atomic E-state index is 12.1. The molecule has 130 valence electrons. The summed E-state index contributed by atoms with van der Waals surface area (Å²) in [6.07, 6.45) is 0.366. The number of methoxy groups -OCH3 is 1. The Labute approximate surface area is 146 Å². The zero-order chi connectivity index (χ0) is 17.8. The van der Waals surface area contributed by atoms with E-state index in [1.165, 1.54) is 0 Å². The minimum absolute atomic E-state index is 0.0838. The van der Waals surface area contributed by atoms with Gasteiger partial charge in [0.1, 0.15) is 0 Å². The molecule has 0 saturated heterocycles. The number of nitrogens with zero attached hydrogens (tertiary/aromatic N) is 1. The van der Waals surface area contributed by atoms with Crippen molar-refractivity contribution in [2.75, 3.05) is 30.5 Å². The van der Waals surface area contributed by atoms with E-state index in [4.69, 9.17) is 9.47 Å². The molecule has 2 aromatic rings. The highest BCUT2D eigenvalue weighted by Gasteiger charge is 2.26. The van der Waals surface area contributed by atoms with Crippen molar-refractivity contribution < 1.29 is 19.1 Å². The number of nitrogens with one attached hydrogen (secondary N) is 1. The van der Waals surface area contributed by atoms with Crippen LogP contribution in [0.4, 0.5) is 11.4 Å². The fourth-order valence-corrected chi connectivity index (χ4v) is 2.89. The van der Waals surface area contributed by atoms with Gasteiger partial charge in [-0.1, -0.05) is 12.1 Å². The highest BCUT2D eigenvalue weighted by molar-refractivity contribution is 6.02. The van der Waals surface area contributed by atoms with Crippen LogP contribution in [-0.4, -0.2) is 32.1 Å². The third kappa shape index (κ3) is 3.57. The van der Waals surface area contributed by atoms with Gasteiger partial charge in [-0.2, -0.15) is 0 Å². The Bertz CT molecular complexity index is 804. The molecule has 0 fully saturated rings. The summed E-state index contributed by atoms with van der Waals surface area (Å²) in [7, 11) is 1.55. The van der Waals surface area contributed by atoms with E-state index in [-0.39, 0.29) is 18.4 Å². The Morgan fingerprint density at radius 1 is 1.20 bits per heavy atom. The molecule has 1 heterocycles. The first-order valence-corrected chi connectivity index (χ1v) is 8.11. The van der Waals surface area contributed by atoms with Gasteiger partial charge in [-0.3, -0.25) is 9.59 Å². The van der Waals surface area contributed by atoms with E-state index < -0.39 is 0 Å². The van der Waals surface area contributed by atoms with Gasteiger partial charge in [0.25, 0.3) is 5.91 Å². The second-order valence-corrected chi connectivity index (χ2v) is 5.65. The lowest BCUT2D eigenvalue weighted by Crippen LogP contribution is -2.25. The highest BCUT2D eigenvalue weighted by atomic mass is 16.5. The maximum atomic E-state index is 12.1. The molecule has 0 atom stereocenters. The van der Waals surface area contributed by atoms with Crippen LogP contribution in [0.5, 0.6) is 11.5 Å². The van der Waals surface area contributed by atoms with Crippen molar-refractivity contribution >= 4 is 23.2 Å². The molecule has 25 heavy (non-hydrogen) atoms. The highest BCUT2D eigenvalue weighted by Crippen LogP contribution is 2.31. The first-order valence-electron chi connectivity index (χ1n) is 8.11. The Morgan fingerprint density at radius 2 is 1.96 bits per heavy atom. The van der Waals surface area contributed by atoms with Crippen molar-refractivity contribution in [2.45, 2.75) is 13.3 Å². The Morgan fingerprint density at radius 3 is 2.68 bits per heavy atom. The van der Waals surface area contributed by atoms with Crippen molar-refractivity contribution in [2.24, 2.45) is 0 Å². The molecule has 0 aromatic heterocycles. The summed E-state index contributed by atoms with van der Waals surface area (Å²) in [6, 6.07) is 12.6. The number of fused-ring (bicyclic) bond motifs is 1. The predicted octanol–water partition coefficient (Wildman–Crippen LogP) is 2.62. The molecule has 0 saturated carbocycles. The topological polar surface area (TPSA) is 67.9 Å². The summed E-state index contributed by atoms with van der Waals surface area (Å²) in [6.45, 7) is 2.46. The number of para-hydroxylation sites is 2. The van der Waals surface area contributed by atoms with E-state index in [9.17, 15) is 9.59 Å². The largest absolute Gasteiger partial charge is 0.493 e. The molecular formula is C19H20N2O4. The van der Waals surface area contributed by atoms with Gasteiger partial charge in [0.2, 0.25) is 5.91 Å². The molecule has 0 aliphatic carbocycles. The van der Waals surface area contributed by atoms with Crippen molar-refractivity contribution in [3.63, 3.8) is 0 Å². The zero-order valence-electron chi connectivity index (χ0n) is 14.2. The standard InChI is InChI=1S/C19H20N2O4/c1-3-21-15-9-8-14(10-13(15)11-19(21)23)20-18(22)12-25-17-7-5-4-6-16(17)24-2/h4-10H,3,11-12H2,1-2H3,(H,20,22). The summed E-state index contributed by atoms with van der Waals surface area (Å²) in [4.78, 5) is 25.8. The van der Waals surface area contributed by atoms with Crippen LogP contribution in [0, 0.1) is 0 Å². The van der Waals surface area contributed by atoms with Gasteiger partial charge >= 0.3 is 0 Å². The molecule has 2 amide bonds. The summed E-state index contributed by atoms with van der Waals surface area (Å²) >= 11 is 0. The molecule has 1 aliphatic heterocycles. The van der Waals surface area contributed by atoms with Crippen LogP contribution in [-0.2, 0) is 16.0 Å². The average molecular weight is 340 g/mol. The lowest BCUT2D eigenvalue weighted by molar-refractivity contribution is -0.118. The number of rotatable bonds is 6. The first kappa shape index (κ1) is 16.8. The summed E-state index contributed by atoms with van der Waals surface area (Å²) in [5, 5.41) is 2.79. The average Bonchev–Trinajstić information content (AvgIpc) is 2.94. The molecule has 1 N–H and O–H groups in total. The third-order valence-corrected chi connectivity index (χ3v) is 4.04. The fraction of sp³-hybridized carbons (Fsp3) is 0.263. The van der Waals surface area contributed by atoms with Gasteiger partial charge in [-0.15, -0.1) is 0 Å². The first-order chi connectivity index (χ1) is 12.1. The molecule has 3 rings (SSSR count). The third-order valence-electron chi connectivity index (χ3n) is 4.04. The van der Waals surface area contributed by atoms with Crippen molar-refractivity contribution in [1.82, 2.24) is 0 Å². The smallest absolute Gasteiger partial charge is 0.262 e. The number of anilines is 2. The summed E-state index contributed by atoms with van der Waals surface area (Å²) in [5.74, 6) is 0.896. The van der Waals surface area contributed by atoms with Gasteiger partial charge in [-0.05, 0) is 42.8 Å². The van der Waals surface area contributed by atoms with Crippen LogP contribution in [0.25, 0.3) is 0 Å². The Kier molecular flexibility index (Phi) is 4.88. The lowest BCUT2D eigenvalue weighted by Gasteiger charge is -2.15. The van der Waals surface area contributed by atoms with Gasteiger partial charge in [-0.25, -0.2) is 0 Å². The number of benzene rings is 2. The lowest BCUT2D eigenvalue weighted by atomic mass is 10.1. The van der Waals surface area contributed by atoms with Crippen LogP contribution in [0.3, 0.4) is 0 Å². The minimum Gasteiger partial charge on any atom is -0.493 e. The molecule has 0 spiro atoms. The molecule has 0 bridgehead atoms. The SMILES string of the molecule is CCN1C(=O)Cc2cc(NC(=O)COc3ccccc3OC)ccc21. The van der Waals surface area contributed by atoms with Crippen LogP contribution in [0.2, 0.25) is 0 Å². The van der Waals surface area contributed by atoms with Crippen LogP contribution in [0.1, 0.15) is 12.5 Å². The van der Waals surface area contributed by atoms with Crippen LogP contribution < -0.4 is 19.7 Å². The molecule has 6 nitrogen and oxygen atoms in total. The maximum Gasteiger partial charge on any atom is 0.262 e. The molecule has 0 unspecified atom stereocenters. The van der Waals surface area contributed by atoms with Gasteiger partial charge in [0, 0.05) is 17.9 Å². The number of amides is 2.